The van der Waals surface area contributed by atoms with Crippen LogP contribution in [0.5, 0.6) is 5.75 Å². The van der Waals surface area contributed by atoms with Crippen LogP contribution in [-0.2, 0) is 25.9 Å². The second-order valence-electron chi connectivity index (χ2n) is 10.4. The molecule has 0 saturated carbocycles. The summed E-state index contributed by atoms with van der Waals surface area (Å²) in [5.74, 6) is 3.60. The van der Waals surface area contributed by atoms with Gasteiger partial charge < -0.3 is 15.0 Å². The summed E-state index contributed by atoms with van der Waals surface area (Å²) in [5, 5.41) is 5.91. The minimum Gasteiger partial charge on any atom is -0.497 e. The number of fused-ring (bicyclic) bond motifs is 1. The fourth-order valence-electron chi connectivity index (χ4n) is 6.02. The summed E-state index contributed by atoms with van der Waals surface area (Å²) in [6.07, 6.45) is 3.00. The van der Waals surface area contributed by atoms with Crippen molar-refractivity contribution in [3.05, 3.63) is 107 Å². The Labute approximate surface area is 223 Å². The largest absolute Gasteiger partial charge is 0.497 e. The van der Waals surface area contributed by atoms with Crippen molar-refractivity contribution in [3.63, 3.8) is 0 Å². The van der Waals surface area contributed by atoms with E-state index in [4.69, 9.17) is 14.7 Å². The number of nitrogens with zero attached hydrogens (tertiary/aromatic N) is 4. The van der Waals surface area contributed by atoms with Gasteiger partial charge in [0, 0.05) is 19.1 Å². The number of nitrogens with one attached hydrogen (secondary N) is 2. The maximum atomic E-state index is 5.36. The fourth-order valence-corrected chi connectivity index (χ4v) is 6.02. The van der Waals surface area contributed by atoms with Crippen LogP contribution in [-0.4, -0.2) is 29.7 Å². The van der Waals surface area contributed by atoms with Crippen LogP contribution in [0.2, 0.25) is 0 Å². The van der Waals surface area contributed by atoms with E-state index in [2.05, 4.69) is 87.4 Å². The molecule has 3 heterocycles. The van der Waals surface area contributed by atoms with E-state index in [1.54, 1.807) is 7.11 Å². The standard InChI is InChI=1S/C31H32N6O/c1-38-26-13-11-22(12-14-26)19-36-16-15-27-28-29(36)33-31(32-25-17-23-9-5-6-10-24(23)18-25)34-30(28)37(35-27)20-21-7-3-2-4-8-21/h2-14,25,27,35H,15-20H2,1H3,(H,32,33,34). The molecule has 38 heavy (non-hydrogen) atoms. The van der Waals surface area contributed by atoms with Gasteiger partial charge in [-0.1, -0.05) is 66.7 Å². The summed E-state index contributed by atoms with van der Waals surface area (Å²) in [4.78, 5) is 12.7. The van der Waals surface area contributed by atoms with Crippen LogP contribution in [0.4, 0.5) is 17.6 Å². The van der Waals surface area contributed by atoms with Crippen molar-refractivity contribution in [2.24, 2.45) is 0 Å². The van der Waals surface area contributed by atoms with Gasteiger partial charge in [-0.05, 0) is 53.6 Å². The van der Waals surface area contributed by atoms with E-state index in [0.29, 0.717) is 12.0 Å². The summed E-state index contributed by atoms with van der Waals surface area (Å²) < 4.78 is 5.36. The summed E-state index contributed by atoms with van der Waals surface area (Å²) >= 11 is 0. The zero-order valence-electron chi connectivity index (χ0n) is 21.6. The first-order valence-corrected chi connectivity index (χ1v) is 13.4. The van der Waals surface area contributed by atoms with Crippen LogP contribution in [0, 0.1) is 0 Å². The molecule has 7 nitrogen and oxygen atoms in total. The molecule has 1 aromatic heterocycles. The van der Waals surface area contributed by atoms with Gasteiger partial charge in [-0.15, -0.1) is 0 Å². The number of methoxy groups -OCH3 is 1. The van der Waals surface area contributed by atoms with Crippen LogP contribution in [0.3, 0.4) is 0 Å². The number of hydrogen-bond acceptors (Lipinski definition) is 7. The SMILES string of the molecule is COc1ccc(CN2CCC3NN(Cc4ccccc4)c4nc(NC5Cc6ccccc6C5)nc2c43)cc1. The minimum absolute atomic E-state index is 0.223. The highest BCUT2D eigenvalue weighted by atomic mass is 16.5. The quantitative estimate of drug-likeness (QED) is 0.366. The summed E-state index contributed by atoms with van der Waals surface area (Å²) in [6.45, 7) is 2.49. The normalized spacial score (nSPS) is 17.9. The van der Waals surface area contributed by atoms with Crippen LogP contribution in [0.25, 0.3) is 0 Å². The van der Waals surface area contributed by atoms with Crippen molar-refractivity contribution >= 4 is 17.6 Å². The van der Waals surface area contributed by atoms with Gasteiger partial charge in [0.1, 0.15) is 11.6 Å². The molecule has 0 bridgehead atoms. The van der Waals surface area contributed by atoms with Gasteiger partial charge in [-0.25, -0.2) is 5.43 Å². The Morgan fingerprint density at radius 1 is 0.842 bits per heavy atom. The smallest absolute Gasteiger partial charge is 0.226 e. The maximum Gasteiger partial charge on any atom is 0.226 e. The molecule has 192 valence electrons. The Morgan fingerprint density at radius 3 is 2.26 bits per heavy atom. The van der Waals surface area contributed by atoms with Gasteiger partial charge in [0.2, 0.25) is 5.95 Å². The molecule has 0 spiro atoms. The molecular formula is C31H32N6O. The van der Waals surface area contributed by atoms with Crippen LogP contribution in [0.1, 0.15) is 40.3 Å². The van der Waals surface area contributed by atoms with E-state index in [9.17, 15) is 0 Å². The molecule has 2 aliphatic heterocycles. The predicted octanol–water partition coefficient (Wildman–Crippen LogP) is 5.04. The lowest BCUT2D eigenvalue weighted by Crippen LogP contribution is -2.37. The average Bonchev–Trinajstić information content (AvgIpc) is 3.52. The Kier molecular flexibility index (Phi) is 5.85. The van der Waals surface area contributed by atoms with Crippen molar-refractivity contribution < 1.29 is 4.74 Å². The third kappa shape index (κ3) is 4.33. The number of ether oxygens (including phenoxy) is 1. The molecule has 4 aromatic rings. The van der Waals surface area contributed by atoms with Gasteiger partial charge in [0.15, 0.2) is 5.82 Å². The molecule has 7 heteroatoms. The second kappa shape index (κ2) is 9.65. The molecule has 3 aliphatic rings. The van der Waals surface area contributed by atoms with E-state index in [1.807, 2.05) is 12.1 Å². The van der Waals surface area contributed by atoms with Crippen molar-refractivity contribution in [1.29, 1.82) is 0 Å². The Bertz CT molecular complexity index is 1420. The van der Waals surface area contributed by atoms with Gasteiger partial charge in [-0.3, -0.25) is 5.01 Å². The minimum atomic E-state index is 0.223. The third-order valence-corrected chi connectivity index (χ3v) is 7.91. The summed E-state index contributed by atoms with van der Waals surface area (Å²) in [7, 11) is 1.70. The molecule has 1 atom stereocenters. The van der Waals surface area contributed by atoms with Crippen molar-refractivity contribution in [1.82, 2.24) is 15.4 Å². The number of hydrogen-bond donors (Lipinski definition) is 2. The maximum absolute atomic E-state index is 5.36. The van der Waals surface area contributed by atoms with Crippen LogP contribution < -0.4 is 25.4 Å². The Balaban J connectivity index is 1.22. The summed E-state index contributed by atoms with van der Waals surface area (Å²) in [5.41, 5.74) is 10.3. The van der Waals surface area contributed by atoms with Crippen LogP contribution in [0.15, 0.2) is 78.9 Å². The van der Waals surface area contributed by atoms with Crippen molar-refractivity contribution in [3.8, 4) is 5.75 Å². The second-order valence-corrected chi connectivity index (χ2v) is 10.4. The molecule has 7 rings (SSSR count). The lowest BCUT2D eigenvalue weighted by molar-refractivity contribution is 0.414. The molecule has 0 amide bonds. The lowest BCUT2D eigenvalue weighted by Gasteiger charge is -2.32. The van der Waals surface area contributed by atoms with Crippen LogP contribution >= 0.6 is 0 Å². The van der Waals surface area contributed by atoms with Crippen molar-refractivity contribution in [2.45, 2.75) is 44.4 Å². The predicted molar refractivity (Wildman–Crippen MR) is 150 cm³/mol. The first-order chi connectivity index (χ1) is 18.7. The Morgan fingerprint density at radius 2 is 1.53 bits per heavy atom. The zero-order chi connectivity index (χ0) is 25.5. The molecule has 0 radical (unpaired) electrons. The molecule has 1 unspecified atom stereocenters. The average molecular weight is 505 g/mol. The lowest BCUT2D eigenvalue weighted by atomic mass is 10.0. The molecule has 1 aliphatic carbocycles. The number of hydrazine groups is 1. The topological polar surface area (TPSA) is 65.6 Å². The van der Waals surface area contributed by atoms with E-state index in [-0.39, 0.29) is 6.04 Å². The van der Waals surface area contributed by atoms with E-state index >= 15 is 0 Å². The summed E-state index contributed by atoms with van der Waals surface area (Å²) in [6, 6.07) is 28.2. The fraction of sp³-hybridized carbons (Fsp3) is 0.290. The highest BCUT2D eigenvalue weighted by Crippen LogP contribution is 2.44. The highest BCUT2D eigenvalue weighted by molar-refractivity contribution is 5.69. The molecule has 0 fully saturated rings. The van der Waals surface area contributed by atoms with Crippen molar-refractivity contribution in [2.75, 3.05) is 28.9 Å². The number of aromatic nitrogens is 2. The van der Waals surface area contributed by atoms with Gasteiger partial charge in [-0.2, -0.15) is 9.97 Å². The monoisotopic (exact) mass is 504 g/mol. The number of benzene rings is 3. The van der Waals surface area contributed by atoms with Gasteiger partial charge >= 0.3 is 0 Å². The highest BCUT2D eigenvalue weighted by Gasteiger charge is 2.39. The number of rotatable bonds is 7. The van der Waals surface area contributed by atoms with E-state index in [0.717, 1.165) is 56.3 Å². The first-order valence-electron chi connectivity index (χ1n) is 13.4. The first kappa shape index (κ1) is 23.0. The van der Waals surface area contributed by atoms with Gasteiger partial charge in [0.05, 0.1) is 25.3 Å². The molecule has 2 N–H and O–H groups in total. The molecular weight excluding hydrogens is 472 g/mol. The Hall–Kier alpha value is -4.10. The number of anilines is 3. The van der Waals surface area contributed by atoms with E-state index < -0.39 is 0 Å². The van der Waals surface area contributed by atoms with Gasteiger partial charge in [0.25, 0.3) is 0 Å². The van der Waals surface area contributed by atoms with E-state index in [1.165, 1.54) is 27.8 Å². The molecule has 0 saturated heterocycles. The zero-order valence-corrected chi connectivity index (χ0v) is 21.6. The molecule has 3 aromatic carbocycles. The third-order valence-electron chi connectivity index (χ3n) is 7.91.